The van der Waals surface area contributed by atoms with E-state index in [2.05, 4.69) is 31.4 Å². The summed E-state index contributed by atoms with van der Waals surface area (Å²) < 4.78 is 0. The molecule has 4 rings (SSSR count). The molecule has 4 heteroatoms. The highest BCUT2D eigenvalue weighted by molar-refractivity contribution is 7.80. The van der Waals surface area contributed by atoms with Gasteiger partial charge in [-0.05, 0) is 66.4 Å². The predicted octanol–water partition coefficient (Wildman–Crippen LogP) is 5.69. The molecule has 0 amide bonds. The predicted molar refractivity (Wildman–Crippen MR) is 124 cm³/mol. The number of rotatable bonds is 4. The molecule has 0 unspecified atom stereocenters. The fourth-order valence-corrected chi connectivity index (χ4v) is 5.05. The Bertz CT molecular complexity index is 913. The summed E-state index contributed by atoms with van der Waals surface area (Å²) in [5.74, 6) is 1.68. The topological polar surface area (TPSA) is 41.1 Å². The van der Waals surface area contributed by atoms with Crippen LogP contribution in [0.15, 0.2) is 48.5 Å². The highest BCUT2D eigenvalue weighted by Gasteiger charge is 2.39. The highest BCUT2D eigenvalue weighted by Crippen LogP contribution is 2.44. The van der Waals surface area contributed by atoms with Crippen LogP contribution in [-0.4, -0.2) is 16.9 Å². The molecule has 2 aromatic rings. The van der Waals surface area contributed by atoms with Gasteiger partial charge in [-0.3, -0.25) is 4.79 Å². The van der Waals surface area contributed by atoms with Gasteiger partial charge in [0.15, 0.2) is 10.9 Å². The lowest BCUT2D eigenvalue weighted by molar-refractivity contribution is 0.103. The lowest BCUT2D eigenvalue weighted by atomic mass is 9.86. The zero-order chi connectivity index (χ0) is 20.6. The number of carbonyl (C=O) groups excluding carboxylic acids is 1. The summed E-state index contributed by atoms with van der Waals surface area (Å²) in [5, 5.41) is 7.42. The normalized spacial score (nSPS) is 23.1. The molecular formula is C25H30N2OS. The van der Waals surface area contributed by atoms with Crippen molar-refractivity contribution in [2.75, 3.05) is 5.32 Å². The van der Waals surface area contributed by atoms with Crippen molar-refractivity contribution in [1.82, 2.24) is 5.32 Å². The summed E-state index contributed by atoms with van der Waals surface area (Å²) in [6.45, 7) is 6.52. The molecule has 2 aromatic carbocycles. The van der Waals surface area contributed by atoms with Gasteiger partial charge in [-0.2, -0.15) is 0 Å². The molecule has 0 spiro atoms. The highest BCUT2D eigenvalue weighted by atomic mass is 32.1. The molecule has 2 N–H and O–H groups in total. The molecule has 0 heterocycles. The van der Waals surface area contributed by atoms with Crippen molar-refractivity contribution in [3.8, 4) is 0 Å². The third-order valence-corrected chi connectivity index (χ3v) is 6.67. The molecule has 2 aliphatic rings. The van der Waals surface area contributed by atoms with Crippen LogP contribution in [0, 0.1) is 11.8 Å². The quantitative estimate of drug-likeness (QED) is 0.505. The molecule has 0 aromatic heterocycles. The maximum atomic E-state index is 12.9. The molecule has 3 atom stereocenters. The fraction of sp³-hybridized carbons (Fsp3) is 0.440. The Morgan fingerprint density at radius 1 is 1.00 bits per heavy atom. The van der Waals surface area contributed by atoms with Crippen LogP contribution in [0.25, 0.3) is 0 Å². The summed E-state index contributed by atoms with van der Waals surface area (Å²) in [5.41, 5.74) is 3.52. The standard InChI is InChI=1S/C25H30N2OS/c1-25(2,3)20-11-9-17(10-12-20)23(28)19-5-4-6-21(15-19)26-24(29)27-22-14-16-7-8-18(22)13-16/h4-6,9-12,15-16,18,22H,7-8,13-14H2,1-3H3,(H2,26,27,29)/t16-,18-,22+/m0/s1. The first-order chi connectivity index (χ1) is 13.8. The van der Waals surface area contributed by atoms with Crippen LogP contribution in [0.2, 0.25) is 0 Å². The van der Waals surface area contributed by atoms with Crippen molar-refractivity contribution in [3.05, 3.63) is 65.2 Å². The molecule has 152 valence electrons. The van der Waals surface area contributed by atoms with Gasteiger partial charge in [-0.1, -0.05) is 63.6 Å². The first-order valence-electron chi connectivity index (χ1n) is 10.6. The minimum absolute atomic E-state index is 0.0288. The van der Waals surface area contributed by atoms with Crippen molar-refractivity contribution < 1.29 is 4.79 Å². The number of benzene rings is 2. The fourth-order valence-electron chi connectivity index (χ4n) is 4.78. The molecule has 0 radical (unpaired) electrons. The van der Waals surface area contributed by atoms with Gasteiger partial charge in [0.2, 0.25) is 0 Å². The number of anilines is 1. The SMILES string of the molecule is CC(C)(C)c1ccc(C(=O)c2cccc(NC(=S)N[C@@H]3C[C@H]4CC[C@H]3C4)c2)cc1. The average Bonchev–Trinajstić information content (AvgIpc) is 3.30. The zero-order valence-electron chi connectivity index (χ0n) is 17.5. The van der Waals surface area contributed by atoms with Crippen LogP contribution in [-0.2, 0) is 5.41 Å². The first kappa shape index (κ1) is 20.1. The number of nitrogens with one attached hydrogen (secondary N) is 2. The number of carbonyl (C=O) groups is 1. The second-order valence-electron chi connectivity index (χ2n) is 9.62. The average molecular weight is 407 g/mol. The Kier molecular flexibility index (Phi) is 5.48. The summed E-state index contributed by atoms with van der Waals surface area (Å²) in [6.07, 6.45) is 5.28. The Hall–Kier alpha value is -2.20. The lowest BCUT2D eigenvalue weighted by Gasteiger charge is -2.24. The van der Waals surface area contributed by atoms with E-state index in [9.17, 15) is 4.79 Å². The van der Waals surface area contributed by atoms with Crippen molar-refractivity contribution >= 4 is 28.8 Å². The second-order valence-corrected chi connectivity index (χ2v) is 10.0. The molecule has 2 fully saturated rings. The van der Waals surface area contributed by atoms with E-state index in [1.807, 2.05) is 48.5 Å². The summed E-state index contributed by atoms with van der Waals surface area (Å²) >= 11 is 5.53. The van der Waals surface area contributed by atoms with Gasteiger partial charge in [-0.15, -0.1) is 0 Å². The number of hydrogen-bond acceptors (Lipinski definition) is 2. The van der Waals surface area contributed by atoms with E-state index < -0.39 is 0 Å². The van der Waals surface area contributed by atoms with E-state index in [0.717, 1.165) is 17.5 Å². The van der Waals surface area contributed by atoms with E-state index in [0.29, 0.717) is 22.3 Å². The van der Waals surface area contributed by atoms with E-state index in [-0.39, 0.29) is 11.2 Å². The van der Waals surface area contributed by atoms with Gasteiger partial charge >= 0.3 is 0 Å². The van der Waals surface area contributed by atoms with Crippen LogP contribution in [0.3, 0.4) is 0 Å². The Balaban J connectivity index is 1.41. The third-order valence-electron chi connectivity index (χ3n) is 6.45. The summed E-state index contributed by atoms with van der Waals surface area (Å²) in [4.78, 5) is 12.9. The summed E-state index contributed by atoms with van der Waals surface area (Å²) in [7, 11) is 0. The molecule has 0 aliphatic heterocycles. The van der Waals surface area contributed by atoms with Gasteiger partial charge in [0.05, 0.1) is 0 Å². The van der Waals surface area contributed by atoms with Crippen molar-refractivity contribution in [2.24, 2.45) is 11.8 Å². The molecule has 2 aliphatic carbocycles. The van der Waals surface area contributed by atoms with Crippen LogP contribution in [0.5, 0.6) is 0 Å². The number of ketones is 1. The van der Waals surface area contributed by atoms with E-state index in [1.165, 1.54) is 31.2 Å². The molecule has 29 heavy (non-hydrogen) atoms. The van der Waals surface area contributed by atoms with Crippen molar-refractivity contribution in [2.45, 2.75) is 57.9 Å². The van der Waals surface area contributed by atoms with Gasteiger partial charge < -0.3 is 10.6 Å². The van der Waals surface area contributed by atoms with Crippen LogP contribution >= 0.6 is 12.2 Å². The Morgan fingerprint density at radius 2 is 1.76 bits per heavy atom. The van der Waals surface area contributed by atoms with Gasteiger partial charge in [0.25, 0.3) is 0 Å². The summed E-state index contributed by atoms with van der Waals surface area (Å²) in [6, 6.07) is 16.0. The maximum absolute atomic E-state index is 12.9. The maximum Gasteiger partial charge on any atom is 0.193 e. The Morgan fingerprint density at radius 3 is 2.38 bits per heavy atom. The molecule has 3 nitrogen and oxygen atoms in total. The van der Waals surface area contributed by atoms with E-state index in [1.54, 1.807) is 0 Å². The van der Waals surface area contributed by atoms with Crippen LogP contribution in [0.1, 0.15) is 67.9 Å². The zero-order valence-corrected chi connectivity index (χ0v) is 18.3. The molecule has 2 bridgehead atoms. The Labute approximate surface area is 179 Å². The lowest BCUT2D eigenvalue weighted by Crippen LogP contribution is -2.40. The van der Waals surface area contributed by atoms with E-state index >= 15 is 0 Å². The third kappa shape index (κ3) is 4.53. The van der Waals surface area contributed by atoms with Crippen LogP contribution in [0.4, 0.5) is 5.69 Å². The largest absolute Gasteiger partial charge is 0.359 e. The minimum atomic E-state index is 0.0288. The van der Waals surface area contributed by atoms with Gasteiger partial charge in [0.1, 0.15) is 0 Å². The minimum Gasteiger partial charge on any atom is -0.359 e. The smallest absolute Gasteiger partial charge is 0.193 e. The number of fused-ring (bicyclic) bond motifs is 2. The number of thiocarbonyl (C=S) groups is 1. The number of hydrogen-bond donors (Lipinski definition) is 2. The van der Waals surface area contributed by atoms with Crippen molar-refractivity contribution in [3.63, 3.8) is 0 Å². The van der Waals surface area contributed by atoms with Crippen molar-refractivity contribution in [1.29, 1.82) is 0 Å². The van der Waals surface area contributed by atoms with Gasteiger partial charge in [0, 0.05) is 22.9 Å². The molecule has 0 saturated heterocycles. The van der Waals surface area contributed by atoms with E-state index in [4.69, 9.17) is 12.2 Å². The first-order valence-corrected chi connectivity index (χ1v) is 11.0. The molecular weight excluding hydrogens is 376 g/mol. The molecule has 2 saturated carbocycles. The van der Waals surface area contributed by atoms with Gasteiger partial charge in [-0.25, -0.2) is 0 Å². The van der Waals surface area contributed by atoms with Crippen LogP contribution < -0.4 is 10.6 Å². The monoisotopic (exact) mass is 406 g/mol. The second kappa shape index (κ2) is 7.91.